The molecule has 0 aliphatic heterocycles. The molecule has 0 spiro atoms. The number of nitrogen functional groups attached to an aromatic ring is 1. The number of anilines is 2. The van der Waals surface area contributed by atoms with E-state index in [1.54, 1.807) is 17.0 Å². The molecule has 1 aliphatic rings. The fourth-order valence-corrected chi connectivity index (χ4v) is 2.29. The molecule has 92 valence electrons. The van der Waals surface area contributed by atoms with Crippen LogP contribution in [-0.4, -0.2) is 24.0 Å². The van der Waals surface area contributed by atoms with Crippen molar-refractivity contribution in [3.8, 4) is 0 Å². The van der Waals surface area contributed by atoms with E-state index in [0.717, 1.165) is 18.5 Å². The second kappa shape index (κ2) is 5.08. The van der Waals surface area contributed by atoms with Gasteiger partial charge in [-0.3, -0.25) is 0 Å². The van der Waals surface area contributed by atoms with Crippen molar-refractivity contribution in [3.63, 3.8) is 0 Å². The molecule has 2 amide bonds. The number of nitrogens with one attached hydrogen (secondary N) is 1. The molecule has 1 fully saturated rings. The first kappa shape index (κ1) is 11.8. The second-order valence-corrected chi connectivity index (χ2v) is 4.60. The van der Waals surface area contributed by atoms with E-state index in [1.165, 1.54) is 12.8 Å². The number of urea groups is 1. The summed E-state index contributed by atoms with van der Waals surface area (Å²) in [6.45, 7) is 0. The Kier molecular flexibility index (Phi) is 3.52. The summed E-state index contributed by atoms with van der Waals surface area (Å²) in [4.78, 5) is 13.8. The molecule has 1 saturated carbocycles. The minimum Gasteiger partial charge on any atom is -0.399 e. The quantitative estimate of drug-likeness (QED) is 0.771. The highest BCUT2D eigenvalue weighted by atomic mass is 16.2. The van der Waals surface area contributed by atoms with Gasteiger partial charge < -0.3 is 16.0 Å². The maximum Gasteiger partial charge on any atom is 0.321 e. The monoisotopic (exact) mass is 233 g/mol. The summed E-state index contributed by atoms with van der Waals surface area (Å²) in [6, 6.07) is 7.58. The third-order valence-electron chi connectivity index (χ3n) is 3.33. The SMILES string of the molecule is CN(C(=O)Nc1cccc(N)c1)C1CCCC1. The van der Waals surface area contributed by atoms with E-state index in [4.69, 9.17) is 5.73 Å². The number of benzene rings is 1. The summed E-state index contributed by atoms with van der Waals surface area (Å²) >= 11 is 0. The van der Waals surface area contributed by atoms with Gasteiger partial charge in [0.1, 0.15) is 0 Å². The minimum absolute atomic E-state index is 0.0532. The van der Waals surface area contributed by atoms with Crippen LogP contribution in [0.5, 0.6) is 0 Å². The lowest BCUT2D eigenvalue weighted by atomic mass is 10.2. The van der Waals surface area contributed by atoms with Gasteiger partial charge in [0.25, 0.3) is 0 Å². The van der Waals surface area contributed by atoms with Crippen molar-refractivity contribution in [2.75, 3.05) is 18.1 Å². The summed E-state index contributed by atoms with van der Waals surface area (Å²) in [5, 5.41) is 2.87. The van der Waals surface area contributed by atoms with Gasteiger partial charge in [-0.2, -0.15) is 0 Å². The van der Waals surface area contributed by atoms with E-state index in [0.29, 0.717) is 11.7 Å². The van der Waals surface area contributed by atoms with Crippen LogP contribution in [0, 0.1) is 0 Å². The highest BCUT2D eigenvalue weighted by Gasteiger charge is 2.23. The first-order chi connectivity index (χ1) is 8.16. The first-order valence-electron chi connectivity index (χ1n) is 6.06. The highest BCUT2D eigenvalue weighted by molar-refractivity contribution is 5.89. The molecule has 0 atom stereocenters. The maximum absolute atomic E-state index is 12.0. The molecule has 0 aromatic heterocycles. The molecule has 0 saturated heterocycles. The van der Waals surface area contributed by atoms with Crippen LogP contribution in [0.25, 0.3) is 0 Å². The number of hydrogen-bond donors (Lipinski definition) is 2. The van der Waals surface area contributed by atoms with Crippen molar-refractivity contribution < 1.29 is 4.79 Å². The van der Waals surface area contributed by atoms with Crippen molar-refractivity contribution in [1.29, 1.82) is 0 Å². The van der Waals surface area contributed by atoms with Crippen LogP contribution in [-0.2, 0) is 0 Å². The molecule has 4 nitrogen and oxygen atoms in total. The fourth-order valence-electron chi connectivity index (χ4n) is 2.29. The van der Waals surface area contributed by atoms with Gasteiger partial charge in [0.2, 0.25) is 0 Å². The molecule has 2 rings (SSSR count). The number of hydrogen-bond acceptors (Lipinski definition) is 2. The third kappa shape index (κ3) is 2.90. The van der Waals surface area contributed by atoms with Crippen LogP contribution in [0.15, 0.2) is 24.3 Å². The molecule has 1 aromatic rings. The van der Waals surface area contributed by atoms with E-state index >= 15 is 0 Å². The van der Waals surface area contributed by atoms with Gasteiger partial charge in [-0.05, 0) is 31.0 Å². The van der Waals surface area contributed by atoms with E-state index in [2.05, 4.69) is 5.32 Å². The molecule has 3 N–H and O–H groups in total. The van der Waals surface area contributed by atoms with Gasteiger partial charge in [0, 0.05) is 24.5 Å². The molecule has 0 heterocycles. The standard InChI is InChI=1S/C13H19N3O/c1-16(12-7-2-3-8-12)13(17)15-11-6-4-5-10(14)9-11/h4-6,9,12H,2-3,7-8,14H2,1H3,(H,15,17). The summed E-state index contributed by atoms with van der Waals surface area (Å²) < 4.78 is 0. The summed E-state index contributed by atoms with van der Waals surface area (Å²) in [5.41, 5.74) is 7.08. The molecule has 1 aliphatic carbocycles. The molecule has 0 bridgehead atoms. The Hall–Kier alpha value is -1.71. The van der Waals surface area contributed by atoms with Crippen LogP contribution >= 0.6 is 0 Å². The highest BCUT2D eigenvalue weighted by Crippen LogP contribution is 2.23. The van der Waals surface area contributed by atoms with E-state index in [-0.39, 0.29) is 6.03 Å². The van der Waals surface area contributed by atoms with Gasteiger partial charge >= 0.3 is 6.03 Å². The van der Waals surface area contributed by atoms with E-state index in [9.17, 15) is 4.79 Å². The lowest BCUT2D eigenvalue weighted by Crippen LogP contribution is -2.38. The molecule has 4 heteroatoms. The number of nitrogens with two attached hydrogens (primary N) is 1. The Bertz CT molecular complexity index is 399. The van der Waals surface area contributed by atoms with Crippen molar-refractivity contribution in [2.45, 2.75) is 31.7 Å². The van der Waals surface area contributed by atoms with Gasteiger partial charge in [0.15, 0.2) is 0 Å². The van der Waals surface area contributed by atoms with Gasteiger partial charge in [0.05, 0.1) is 0 Å². The van der Waals surface area contributed by atoms with Crippen LogP contribution in [0.2, 0.25) is 0 Å². The molecule has 0 unspecified atom stereocenters. The van der Waals surface area contributed by atoms with E-state index < -0.39 is 0 Å². The predicted octanol–water partition coefficient (Wildman–Crippen LogP) is 2.68. The van der Waals surface area contributed by atoms with Gasteiger partial charge in [-0.15, -0.1) is 0 Å². The predicted molar refractivity (Wildman–Crippen MR) is 69.9 cm³/mol. The Labute approximate surface area is 102 Å². The third-order valence-corrected chi connectivity index (χ3v) is 3.33. The Morgan fingerprint density at radius 1 is 1.41 bits per heavy atom. The average molecular weight is 233 g/mol. The molecular formula is C13H19N3O. The normalized spacial score (nSPS) is 15.8. The van der Waals surface area contributed by atoms with Crippen LogP contribution < -0.4 is 11.1 Å². The van der Waals surface area contributed by atoms with Gasteiger partial charge in [-0.1, -0.05) is 18.9 Å². The lowest BCUT2D eigenvalue weighted by Gasteiger charge is -2.24. The van der Waals surface area contributed by atoms with Crippen molar-refractivity contribution in [3.05, 3.63) is 24.3 Å². The van der Waals surface area contributed by atoms with E-state index in [1.807, 2.05) is 19.2 Å². The number of amides is 2. The lowest BCUT2D eigenvalue weighted by molar-refractivity contribution is 0.205. The topological polar surface area (TPSA) is 58.4 Å². The molecular weight excluding hydrogens is 214 g/mol. The average Bonchev–Trinajstić information content (AvgIpc) is 2.81. The molecule has 1 aromatic carbocycles. The number of rotatable bonds is 2. The Morgan fingerprint density at radius 2 is 2.12 bits per heavy atom. The zero-order valence-corrected chi connectivity index (χ0v) is 10.1. The summed E-state index contributed by atoms with van der Waals surface area (Å²) in [5.74, 6) is 0. The first-order valence-corrected chi connectivity index (χ1v) is 6.06. The summed E-state index contributed by atoms with van der Waals surface area (Å²) in [6.07, 6.45) is 4.67. The zero-order valence-electron chi connectivity index (χ0n) is 10.1. The van der Waals surface area contributed by atoms with Crippen LogP contribution in [0.3, 0.4) is 0 Å². The largest absolute Gasteiger partial charge is 0.399 e. The van der Waals surface area contributed by atoms with Crippen LogP contribution in [0.1, 0.15) is 25.7 Å². The Balaban J connectivity index is 1.96. The van der Waals surface area contributed by atoms with Crippen LogP contribution in [0.4, 0.5) is 16.2 Å². The molecule has 0 radical (unpaired) electrons. The molecule has 17 heavy (non-hydrogen) atoms. The second-order valence-electron chi connectivity index (χ2n) is 4.60. The smallest absolute Gasteiger partial charge is 0.321 e. The minimum atomic E-state index is -0.0532. The fraction of sp³-hybridized carbons (Fsp3) is 0.462. The Morgan fingerprint density at radius 3 is 2.76 bits per heavy atom. The zero-order chi connectivity index (χ0) is 12.3. The number of carbonyl (C=O) groups excluding carboxylic acids is 1. The van der Waals surface area contributed by atoms with Gasteiger partial charge in [-0.25, -0.2) is 4.79 Å². The van der Waals surface area contributed by atoms with Crippen molar-refractivity contribution in [1.82, 2.24) is 4.90 Å². The number of carbonyl (C=O) groups is 1. The van der Waals surface area contributed by atoms with Crippen molar-refractivity contribution in [2.24, 2.45) is 0 Å². The summed E-state index contributed by atoms with van der Waals surface area (Å²) in [7, 11) is 1.86. The van der Waals surface area contributed by atoms with Crippen molar-refractivity contribution >= 4 is 17.4 Å². The maximum atomic E-state index is 12.0. The number of nitrogens with zero attached hydrogens (tertiary/aromatic N) is 1.